The molecule has 0 bridgehead atoms. The van der Waals surface area contributed by atoms with Crippen LogP contribution in [0.4, 0.5) is 0 Å². The number of hydrogen-bond donors (Lipinski definition) is 1. The molecule has 0 saturated carbocycles. The van der Waals surface area contributed by atoms with E-state index >= 15 is 0 Å². The van der Waals surface area contributed by atoms with Crippen molar-refractivity contribution in [2.45, 2.75) is 77.4 Å². The first-order chi connectivity index (χ1) is 8.74. The van der Waals surface area contributed by atoms with Crippen LogP contribution in [0.15, 0.2) is 12.7 Å². The Balaban J connectivity index is 4.61. The fraction of sp³-hybridized carbons (Fsp3) is 0.812. The van der Waals surface area contributed by atoms with Crippen LogP contribution in [-0.2, 0) is 4.79 Å². The Morgan fingerprint density at radius 1 is 1.26 bits per heavy atom. The Bertz CT molecular complexity index is 276. The van der Waals surface area contributed by atoms with Crippen molar-refractivity contribution in [2.75, 3.05) is 0 Å². The Labute approximate surface area is 120 Å². The molecule has 19 heavy (non-hydrogen) atoms. The third kappa shape index (κ3) is 6.53. The number of hydrogen-bond acceptors (Lipinski definition) is 2. The molecule has 0 amide bonds. The molecular formula is C16H32O2Si. The van der Waals surface area contributed by atoms with Crippen LogP contribution in [0.2, 0.25) is 17.1 Å². The van der Waals surface area contributed by atoms with Gasteiger partial charge in [-0.05, 0) is 49.2 Å². The van der Waals surface area contributed by atoms with Gasteiger partial charge in [0.25, 0.3) is 0 Å². The van der Waals surface area contributed by atoms with Gasteiger partial charge in [0, 0.05) is 6.42 Å². The fourth-order valence-corrected chi connectivity index (χ4v) is 6.35. The summed E-state index contributed by atoms with van der Waals surface area (Å²) >= 11 is 0. The normalized spacial score (nSPS) is 13.9. The first-order valence-corrected chi connectivity index (χ1v) is 9.87. The van der Waals surface area contributed by atoms with Crippen LogP contribution in [0, 0.1) is 5.92 Å². The van der Waals surface area contributed by atoms with Crippen LogP contribution in [-0.4, -0.2) is 18.9 Å². The second-order valence-corrected chi connectivity index (χ2v) is 11.2. The summed E-state index contributed by atoms with van der Waals surface area (Å²) in [4.78, 5) is 22.0. The number of carbonyl (C=O) groups excluding carboxylic acids is 1. The molecule has 2 nitrogen and oxygen atoms in total. The Kier molecular flexibility index (Phi) is 8.51. The fourth-order valence-electron chi connectivity index (χ4n) is 2.78. The van der Waals surface area contributed by atoms with Crippen LogP contribution in [0.3, 0.4) is 0 Å². The lowest BCUT2D eigenvalue weighted by Crippen LogP contribution is -2.43. The van der Waals surface area contributed by atoms with E-state index in [4.69, 9.17) is 0 Å². The van der Waals surface area contributed by atoms with Gasteiger partial charge < -0.3 is 9.59 Å². The average Bonchev–Trinajstić information content (AvgIpc) is 2.27. The maximum Gasteiger partial charge on any atom is 0.193 e. The molecule has 1 unspecified atom stereocenters. The molecule has 0 aromatic rings. The molecule has 112 valence electrons. The van der Waals surface area contributed by atoms with Crippen LogP contribution in [0.25, 0.3) is 0 Å². The van der Waals surface area contributed by atoms with Crippen molar-refractivity contribution in [3.8, 4) is 0 Å². The molecule has 0 heterocycles. The zero-order valence-electron chi connectivity index (χ0n) is 13.4. The highest BCUT2D eigenvalue weighted by atomic mass is 28.4. The lowest BCUT2D eigenvalue weighted by atomic mass is 9.99. The van der Waals surface area contributed by atoms with Gasteiger partial charge in [-0.2, -0.15) is 0 Å². The van der Waals surface area contributed by atoms with Crippen molar-refractivity contribution in [3.05, 3.63) is 12.7 Å². The highest BCUT2D eigenvalue weighted by molar-refractivity contribution is 6.75. The molecule has 3 heteroatoms. The molecule has 0 aromatic carbocycles. The van der Waals surface area contributed by atoms with E-state index in [9.17, 15) is 9.59 Å². The summed E-state index contributed by atoms with van der Waals surface area (Å²) in [5.74, 6) is 0.746. The summed E-state index contributed by atoms with van der Waals surface area (Å²) < 4.78 is 0. The van der Waals surface area contributed by atoms with Crippen LogP contribution in [0.5, 0.6) is 0 Å². The van der Waals surface area contributed by atoms with Gasteiger partial charge in [0.2, 0.25) is 0 Å². The third-order valence-corrected chi connectivity index (χ3v) is 9.49. The van der Waals surface area contributed by atoms with Crippen molar-refractivity contribution < 1.29 is 9.59 Å². The van der Waals surface area contributed by atoms with E-state index in [1.807, 2.05) is 6.08 Å². The van der Waals surface area contributed by atoms with Crippen LogP contribution in [0.1, 0.15) is 60.3 Å². The lowest BCUT2D eigenvalue weighted by Gasteiger charge is -2.36. The van der Waals surface area contributed by atoms with Gasteiger partial charge in [-0.1, -0.05) is 33.8 Å². The van der Waals surface area contributed by atoms with E-state index in [0.717, 1.165) is 25.3 Å². The topological polar surface area (TPSA) is 37.3 Å². The Morgan fingerprint density at radius 2 is 1.79 bits per heavy atom. The summed E-state index contributed by atoms with van der Waals surface area (Å²) in [6.45, 7) is 14.1. The second kappa shape index (κ2) is 8.70. The van der Waals surface area contributed by atoms with Gasteiger partial charge in [0.15, 0.2) is 8.32 Å². The molecule has 1 atom stereocenters. The number of ketones is 1. The SMILES string of the molecule is C=CCC(CCCC(C)=O)C[Si](O)(C(C)C)C(C)C. The zero-order valence-corrected chi connectivity index (χ0v) is 14.4. The van der Waals surface area contributed by atoms with E-state index in [1.54, 1.807) is 6.92 Å². The summed E-state index contributed by atoms with van der Waals surface area (Å²) in [6, 6.07) is 0.937. The standard InChI is InChI=1S/C16H32O2Si/c1-7-9-16(11-8-10-15(6)17)12-19(18,13(2)3)14(4)5/h7,13-14,16,18H,1,8-12H2,2-6H3. The zero-order chi connectivity index (χ0) is 15.1. The lowest BCUT2D eigenvalue weighted by molar-refractivity contribution is -0.117. The molecule has 0 spiro atoms. The molecule has 0 aromatic heterocycles. The molecule has 0 aliphatic carbocycles. The Hall–Kier alpha value is -0.413. The van der Waals surface area contributed by atoms with Crippen molar-refractivity contribution in [2.24, 2.45) is 5.92 Å². The van der Waals surface area contributed by atoms with Crippen molar-refractivity contribution >= 4 is 14.1 Å². The maximum absolute atomic E-state index is 11.0. The van der Waals surface area contributed by atoms with Gasteiger partial charge >= 0.3 is 0 Å². The highest BCUT2D eigenvalue weighted by Gasteiger charge is 2.39. The summed E-state index contributed by atoms with van der Waals surface area (Å²) in [6.07, 6.45) is 5.53. The van der Waals surface area contributed by atoms with Gasteiger partial charge in [0.05, 0.1) is 0 Å². The molecule has 0 radical (unpaired) electrons. The minimum atomic E-state index is -2.21. The second-order valence-electron chi connectivity index (χ2n) is 6.49. The molecule has 0 aliphatic rings. The van der Waals surface area contributed by atoms with Gasteiger partial charge in [0.1, 0.15) is 5.78 Å². The molecular weight excluding hydrogens is 252 g/mol. The maximum atomic E-state index is 11.0. The minimum Gasteiger partial charge on any atom is -0.431 e. The van der Waals surface area contributed by atoms with Gasteiger partial charge in [-0.3, -0.25) is 0 Å². The summed E-state index contributed by atoms with van der Waals surface area (Å²) in [7, 11) is -2.21. The van der Waals surface area contributed by atoms with E-state index < -0.39 is 8.32 Å². The van der Waals surface area contributed by atoms with E-state index in [-0.39, 0.29) is 5.78 Å². The predicted molar refractivity (Wildman–Crippen MR) is 85.8 cm³/mol. The van der Waals surface area contributed by atoms with Crippen molar-refractivity contribution in [1.82, 2.24) is 0 Å². The van der Waals surface area contributed by atoms with E-state index in [1.165, 1.54) is 0 Å². The molecule has 1 N–H and O–H groups in total. The molecule has 0 rings (SSSR count). The average molecular weight is 285 g/mol. The largest absolute Gasteiger partial charge is 0.431 e. The number of carbonyl (C=O) groups is 1. The number of Topliss-reactive ketones (excluding diaryl/α,β-unsaturated/α-hetero) is 1. The Morgan fingerprint density at radius 3 is 2.16 bits per heavy atom. The smallest absolute Gasteiger partial charge is 0.193 e. The van der Waals surface area contributed by atoms with Crippen LogP contribution < -0.4 is 0 Å². The number of allylic oxidation sites excluding steroid dienone is 1. The first kappa shape index (κ1) is 18.6. The quantitative estimate of drug-likeness (QED) is 0.466. The van der Waals surface area contributed by atoms with E-state index in [2.05, 4.69) is 34.3 Å². The summed E-state index contributed by atoms with van der Waals surface area (Å²) in [5, 5.41) is 0. The molecule has 0 aliphatic heterocycles. The predicted octanol–water partition coefficient (Wildman–Crippen LogP) is 4.70. The number of rotatable bonds is 10. The summed E-state index contributed by atoms with van der Waals surface area (Å²) in [5.41, 5.74) is 0.764. The first-order valence-electron chi connectivity index (χ1n) is 7.56. The highest BCUT2D eigenvalue weighted by Crippen LogP contribution is 2.38. The van der Waals surface area contributed by atoms with Crippen LogP contribution >= 0.6 is 0 Å². The third-order valence-electron chi connectivity index (χ3n) is 4.26. The molecule has 0 saturated heterocycles. The molecule has 0 fully saturated rings. The van der Waals surface area contributed by atoms with E-state index in [0.29, 0.717) is 23.4 Å². The van der Waals surface area contributed by atoms with Gasteiger partial charge in [-0.15, -0.1) is 6.58 Å². The van der Waals surface area contributed by atoms with Gasteiger partial charge in [-0.25, -0.2) is 0 Å². The monoisotopic (exact) mass is 284 g/mol. The minimum absolute atomic E-state index is 0.262. The van der Waals surface area contributed by atoms with Crippen molar-refractivity contribution in [1.29, 1.82) is 0 Å². The van der Waals surface area contributed by atoms with Crippen molar-refractivity contribution in [3.63, 3.8) is 0 Å².